The molecule has 0 aliphatic heterocycles. The van der Waals surface area contributed by atoms with Gasteiger partial charge in [0.1, 0.15) is 5.01 Å². The molecule has 0 atom stereocenters. The van der Waals surface area contributed by atoms with E-state index in [0.29, 0.717) is 29.3 Å². The second-order valence-electron chi connectivity index (χ2n) is 4.36. The molecule has 7 heteroatoms. The summed E-state index contributed by atoms with van der Waals surface area (Å²) in [6.45, 7) is 2.28. The quantitative estimate of drug-likeness (QED) is 0.825. The number of anilines is 1. The number of carbonyl (C=O) groups is 1. The third-order valence-electron chi connectivity index (χ3n) is 2.87. The predicted molar refractivity (Wildman–Crippen MR) is 82.0 cm³/mol. The van der Waals surface area contributed by atoms with Crippen molar-refractivity contribution >= 4 is 22.9 Å². The van der Waals surface area contributed by atoms with Crippen molar-refractivity contribution in [2.75, 3.05) is 20.0 Å². The normalized spacial score (nSPS) is 10.2. The SMILES string of the molecule is COc1cc(N)c(C(=O)NCc2nc(C)cs2)cc1OC. The molecule has 0 bridgehead atoms. The van der Waals surface area contributed by atoms with E-state index in [1.165, 1.54) is 25.6 Å². The minimum atomic E-state index is -0.277. The van der Waals surface area contributed by atoms with Gasteiger partial charge in [0, 0.05) is 22.8 Å². The highest BCUT2D eigenvalue weighted by atomic mass is 32.1. The maximum atomic E-state index is 12.2. The van der Waals surface area contributed by atoms with Crippen LogP contribution >= 0.6 is 11.3 Å². The number of benzene rings is 1. The zero-order valence-electron chi connectivity index (χ0n) is 12.1. The van der Waals surface area contributed by atoms with Crippen LogP contribution in [0.1, 0.15) is 21.1 Å². The van der Waals surface area contributed by atoms with Crippen molar-refractivity contribution in [2.45, 2.75) is 13.5 Å². The molecule has 2 aromatic rings. The van der Waals surface area contributed by atoms with E-state index in [1.54, 1.807) is 12.1 Å². The lowest BCUT2D eigenvalue weighted by Crippen LogP contribution is -2.23. The summed E-state index contributed by atoms with van der Waals surface area (Å²) < 4.78 is 10.3. The fraction of sp³-hybridized carbons (Fsp3) is 0.286. The fourth-order valence-electron chi connectivity index (χ4n) is 1.83. The Kier molecular flexibility index (Phi) is 4.64. The monoisotopic (exact) mass is 307 g/mol. The van der Waals surface area contributed by atoms with Gasteiger partial charge >= 0.3 is 0 Å². The standard InChI is InChI=1S/C14H17N3O3S/c1-8-7-21-13(17-8)6-16-14(18)9-4-11(19-2)12(20-3)5-10(9)15/h4-5,7H,6,15H2,1-3H3,(H,16,18). The number of amides is 1. The molecule has 0 fully saturated rings. The van der Waals surface area contributed by atoms with E-state index in [1.807, 2.05) is 12.3 Å². The first-order chi connectivity index (χ1) is 10.0. The van der Waals surface area contributed by atoms with Gasteiger partial charge < -0.3 is 20.5 Å². The highest BCUT2D eigenvalue weighted by Crippen LogP contribution is 2.31. The maximum absolute atomic E-state index is 12.2. The molecule has 0 saturated heterocycles. The maximum Gasteiger partial charge on any atom is 0.253 e. The molecule has 1 aromatic heterocycles. The number of rotatable bonds is 5. The van der Waals surface area contributed by atoms with Gasteiger partial charge in [-0.15, -0.1) is 11.3 Å². The summed E-state index contributed by atoms with van der Waals surface area (Å²) in [6.07, 6.45) is 0. The van der Waals surface area contributed by atoms with Crippen molar-refractivity contribution in [1.82, 2.24) is 10.3 Å². The molecule has 1 amide bonds. The van der Waals surface area contributed by atoms with E-state index in [0.717, 1.165) is 10.7 Å². The Balaban J connectivity index is 2.15. The first kappa shape index (κ1) is 15.1. The number of ether oxygens (including phenoxy) is 2. The van der Waals surface area contributed by atoms with E-state index in [-0.39, 0.29) is 5.91 Å². The minimum absolute atomic E-state index is 0.277. The fourth-order valence-corrected chi connectivity index (χ4v) is 2.54. The van der Waals surface area contributed by atoms with E-state index in [9.17, 15) is 4.79 Å². The van der Waals surface area contributed by atoms with E-state index in [2.05, 4.69) is 10.3 Å². The van der Waals surface area contributed by atoms with Crippen LogP contribution in [0.25, 0.3) is 0 Å². The molecule has 0 aliphatic carbocycles. The molecule has 0 aliphatic rings. The van der Waals surface area contributed by atoms with Crippen LogP contribution in [0.15, 0.2) is 17.5 Å². The third kappa shape index (κ3) is 3.43. The Hall–Kier alpha value is -2.28. The highest BCUT2D eigenvalue weighted by molar-refractivity contribution is 7.09. The van der Waals surface area contributed by atoms with Gasteiger partial charge in [-0.25, -0.2) is 4.98 Å². The average molecular weight is 307 g/mol. The van der Waals surface area contributed by atoms with E-state index in [4.69, 9.17) is 15.2 Å². The molecule has 6 nitrogen and oxygen atoms in total. The molecule has 0 unspecified atom stereocenters. The van der Waals surface area contributed by atoms with Crippen LogP contribution in [-0.2, 0) is 6.54 Å². The van der Waals surface area contributed by atoms with Crippen LogP contribution in [-0.4, -0.2) is 25.1 Å². The average Bonchev–Trinajstić information content (AvgIpc) is 2.90. The first-order valence-electron chi connectivity index (χ1n) is 6.26. The van der Waals surface area contributed by atoms with Gasteiger partial charge in [0.2, 0.25) is 0 Å². The van der Waals surface area contributed by atoms with Gasteiger partial charge in [0.05, 0.1) is 26.3 Å². The number of thiazole rings is 1. The van der Waals surface area contributed by atoms with Crippen molar-refractivity contribution in [2.24, 2.45) is 0 Å². The van der Waals surface area contributed by atoms with Crippen LogP contribution < -0.4 is 20.5 Å². The summed E-state index contributed by atoms with van der Waals surface area (Å²) in [4.78, 5) is 16.5. The second-order valence-corrected chi connectivity index (χ2v) is 5.30. The van der Waals surface area contributed by atoms with E-state index >= 15 is 0 Å². The topological polar surface area (TPSA) is 86.5 Å². The summed E-state index contributed by atoms with van der Waals surface area (Å²) in [6, 6.07) is 3.14. The van der Waals surface area contributed by atoms with Gasteiger partial charge in [-0.2, -0.15) is 0 Å². The van der Waals surface area contributed by atoms with Crippen molar-refractivity contribution in [3.63, 3.8) is 0 Å². The Bertz CT molecular complexity index is 655. The number of nitrogens with one attached hydrogen (secondary N) is 1. The summed E-state index contributed by atoms with van der Waals surface area (Å²) in [5.41, 5.74) is 7.51. The number of methoxy groups -OCH3 is 2. The number of nitrogens with zero attached hydrogens (tertiary/aromatic N) is 1. The Morgan fingerprint density at radius 1 is 1.33 bits per heavy atom. The van der Waals surface area contributed by atoms with Gasteiger partial charge in [0.25, 0.3) is 5.91 Å². The molecule has 0 radical (unpaired) electrons. The van der Waals surface area contributed by atoms with Crippen molar-refractivity contribution in [3.8, 4) is 11.5 Å². The van der Waals surface area contributed by atoms with Gasteiger partial charge in [-0.05, 0) is 13.0 Å². The van der Waals surface area contributed by atoms with Crippen molar-refractivity contribution in [1.29, 1.82) is 0 Å². The van der Waals surface area contributed by atoms with Crippen LogP contribution in [0, 0.1) is 6.92 Å². The van der Waals surface area contributed by atoms with Crippen molar-refractivity contribution < 1.29 is 14.3 Å². The summed E-state index contributed by atoms with van der Waals surface area (Å²) >= 11 is 1.50. The number of aryl methyl sites for hydroxylation is 1. The van der Waals surface area contributed by atoms with Crippen LogP contribution in [0.3, 0.4) is 0 Å². The second kappa shape index (κ2) is 6.45. The molecular weight excluding hydrogens is 290 g/mol. The Labute approximate surface area is 126 Å². The number of nitrogen functional groups attached to an aromatic ring is 1. The number of carbonyl (C=O) groups excluding carboxylic acids is 1. The largest absolute Gasteiger partial charge is 0.493 e. The van der Waals surface area contributed by atoms with Gasteiger partial charge in [-0.3, -0.25) is 4.79 Å². The van der Waals surface area contributed by atoms with Gasteiger partial charge in [0.15, 0.2) is 11.5 Å². The van der Waals surface area contributed by atoms with Crippen molar-refractivity contribution in [3.05, 3.63) is 33.8 Å². The lowest BCUT2D eigenvalue weighted by Gasteiger charge is -2.12. The lowest BCUT2D eigenvalue weighted by atomic mass is 10.1. The summed E-state index contributed by atoms with van der Waals surface area (Å²) in [5.74, 6) is 0.672. The molecule has 1 aromatic carbocycles. The Morgan fingerprint density at radius 2 is 2.00 bits per heavy atom. The smallest absolute Gasteiger partial charge is 0.253 e. The summed E-state index contributed by atoms with van der Waals surface area (Å²) in [7, 11) is 3.02. The molecule has 112 valence electrons. The number of nitrogens with two attached hydrogens (primary N) is 1. The summed E-state index contributed by atoms with van der Waals surface area (Å²) in [5, 5.41) is 5.57. The molecule has 0 saturated carbocycles. The molecule has 2 rings (SSSR count). The first-order valence-corrected chi connectivity index (χ1v) is 7.13. The van der Waals surface area contributed by atoms with Crippen LogP contribution in [0.5, 0.6) is 11.5 Å². The number of aromatic nitrogens is 1. The van der Waals surface area contributed by atoms with Crippen LogP contribution in [0.2, 0.25) is 0 Å². The molecule has 1 heterocycles. The molecule has 3 N–H and O–H groups in total. The minimum Gasteiger partial charge on any atom is -0.493 e. The third-order valence-corrected chi connectivity index (χ3v) is 3.83. The highest BCUT2D eigenvalue weighted by Gasteiger charge is 2.15. The zero-order valence-corrected chi connectivity index (χ0v) is 12.9. The van der Waals surface area contributed by atoms with Crippen LogP contribution in [0.4, 0.5) is 5.69 Å². The van der Waals surface area contributed by atoms with E-state index < -0.39 is 0 Å². The molecular formula is C14H17N3O3S. The molecule has 0 spiro atoms. The predicted octanol–water partition coefficient (Wildman–Crippen LogP) is 1.98. The zero-order chi connectivity index (χ0) is 15.4. The van der Waals surface area contributed by atoms with Gasteiger partial charge in [-0.1, -0.05) is 0 Å². The lowest BCUT2D eigenvalue weighted by molar-refractivity contribution is 0.0951. The molecule has 21 heavy (non-hydrogen) atoms. The number of hydrogen-bond acceptors (Lipinski definition) is 6. The number of hydrogen-bond donors (Lipinski definition) is 2. The Morgan fingerprint density at radius 3 is 2.57 bits per heavy atom.